The number of nitrogens with zero attached hydrogens (tertiary/aromatic N) is 2. The van der Waals surface area contributed by atoms with Crippen LogP contribution < -0.4 is 5.73 Å². The zero-order valence-electron chi connectivity index (χ0n) is 10.3. The number of ether oxygens (including phenoxy) is 1. The van der Waals surface area contributed by atoms with E-state index in [1.54, 1.807) is 12.1 Å². The van der Waals surface area contributed by atoms with Gasteiger partial charge in [-0.15, -0.1) is 10.2 Å². The van der Waals surface area contributed by atoms with Gasteiger partial charge in [0.05, 0.1) is 19.2 Å². The average Bonchev–Trinajstić information content (AvgIpc) is 2.93. The number of hydrogen-bond donors (Lipinski definition) is 1. The molecule has 0 unspecified atom stereocenters. The summed E-state index contributed by atoms with van der Waals surface area (Å²) >= 11 is 1.42. The Labute approximate surface area is 114 Å². The summed E-state index contributed by atoms with van der Waals surface area (Å²) < 4.78 is 9.91. The van der Waals surface area contributed by atoms with Crippen LogP contribution in [0.1, 0.15) is 21.8 Å². The highest BCUT2D eigenvalue weighted by atomic mass is 32.2. The molecule has 0 radical (unpaired) electrons. The summed E-state index contributed by atoms with van der Waals surface area (Å²) in [6.45, 7) is 0.237. The lowest BCUT2D eigenvalue weighted by Crippen LogP contribution is -2.00. The predicted octanol–water partition coefficient (Wildman–Crippen LogP) is 1.61. The lowest BCUT2D eigenvalue weighted by molar-refractivity contribution is 0.0600. The third-order valence-corrected chi connectivity index (χ3v) is 3.25. The lowest BCUT2D eigenvalue weighted by atomic mass is 10.1. The number of carbonyl (C=O) groups excluding carboxylic acids is 1. The van der Waals surface area contributed by atoms with Crippen molar-refractivity contribution in [2.75, 3.05) is 7.11 Å². The van der Waals surface area contributed by atoms with Crippen LogP contribution in [0, 0.1) is 0 Å². The van der Waals surface area contributed by atoms with E-state index >= 15 is 0 Å². The van der Waals surface area contributed by atoms with Crippen molar-refractivity contribution >= 4 is 17.7 Å². The van der Waals surface area contributed by atoms with Gasteiger partial charge in [-0.05, 0) is 17.7 Å². The van der Waals surface area contributed by atoms with Gasteiger partial charge in [-0.1, -0.05) is 23.9 Å². The van der Waals surface area contributed by atoms with Crippen LogP contribution in [0.2, 0.25) is 0 Å². The standard InChI is InChI=1S/C12H13N3O3S/c1-17-11(16)9-4-2-8(3-5-9)7-19-12-15-14-10(6-13)18-12/h2-5H,6-7,13H2,1H3. The van der Waals surface area contributed by atoms with E-state index in [1.165, 1.54) is 18.9 Å². The molecular formula is C12H13N3O3S. The molecule has 0 aliphatic heterocycles. The van der Waals surface area contributed by atoms with Gasteiger partial charge in [0.2, 0.25) is 5.89 Å². The quantitative estimate of drug-likeness (QED) is 0.656. The summed E-state index contributed by atoms with van der Waals surface area (Å²) in [4.78, 5) is 11.3. The summed E-state index contributed by atoms with van der Waals surface area (Å²) in [6, 6.07) is 7.17. The Bertz CT molecular complexity index is 554. The van der Waals surface area contributed by atoms with Crippen molar-refractivity contribution in [3.05, 3.63) is 41.3 Å². The first-order valence-corrected chi connectivity index (χ1v) is 6.54. The van der Waals surface area contributed by atoms with Crippen molar-refractivity contribution in [2.24, 2.45) is 5.73 Å². The Morgan fingerprint density at radius 1 is 1.37 bits per heavy atom. The van der Waals surface area contributed by atoms with E-state index in [9.17, 15) is 4.79 Å². The number of hydrogen-bond acceptors (Lipinski definition) is 7. The Kier molecular flexibility index (Phi) is 4.53. The number of thioether (sulfide) groups is 1. The third kappa shape index (κ3) is 3.55. The van der Waals surface area contributed by atoms with E-state index in [2.05, 4.69) is 14.9 Å². The molecule has 0 bridgehead atoms. The first-order valence-electron chi connectivity index (χ1n) is 5.55. The molecule has 1 heterocycles. The number of nitrogens with two attached hydrogens (primary N) is 1. The Morgan fingerprint density at radius 3 is 2.68 bits per heavy atom. The van der Waals surface area contributed by atoms with Crippen molar-refractivity contribution in [1.29, 1.82) is 0 Å². The maximum Gasteiger partial charge on any atom is 0.337 e. The Morgan fingerprint density at radius 2 is 2.11 bits per heavy atom. The second kappa shape index (κ2) is 6.35. The molecule has 0 amide bonds. The summed E-state index contributed by atoms with van der Waals surface area (Å²) in [5, 5.41) is 8.11. The van der Waals surface area contributed by atoms with Crippen LogP contribution in [0.25, 0.3) is 0 Å². The molecule has 7 heteroatoms. The predicted molar refractivity (Wildman–Crippen MR) is 69.5 cm³/mol. The second-order valence-corrected chi connectivity index (χ2v) is 4.57. The average molecular weight is 279 g/mol. The van der Waals surface area contributed by atoms with Crippen LogP contribution in [0.15, 0.2) is 33.9 Å². The maximum atomic E-state index is 11.3. The van der Waals surface area contributed by atoms with E-state index in [0.717, 1.165) is 5.56 Å². The number of carbonyl (C=O) groups is 1. The van der Waals surface area contributed by atoms with Gasteiger partial charge < -0.3 is 14.9 Å². The molecule has 0 fully saturated rings. The van der Waals surface area contributed by atoms with Crippen molar-refractivity contribution in [3.63, 3.8) is 0 Å². The van der Waals surface area contributed by atoms with Crippen LogP contribution in [0.4, 0.5) is 0 Å². The Balaban J connectivity index is 1.94. The molecule has 1 aromatic carbocycles. The number of benzene rings is 1. The molecule has 0 saturated carbocycles. The van der Waals surface area contributed by atoms with E-state index in [-0.39, 0.29) is 12.5 Å². The van der Waals surface area contributed by atoms with Crippen LogP contribution in [-0.4, -0.2) is 23.3 Å². The molecule has 0 atom stereocenters. The molecule has 0 aliphatic carbocycles. The van der Waals surface area contributed by atoms with Crippen molar-refractivity contribution in [1.82, 2.24) is 10.2 Å². The summed E-state index contributed by atoms with van der Waals surface area (Å²) in [5.74, 6) is 0.750. The highest BCUT2D eigenvalue weighted by Crippen LogP contribution is 2.21. The van der Waals surface area contributed by atoms with Gasteiger partial charge in [-0.2, -0.15) is 0 Å². The second-order valence-electron chi connectivity index (χ2n) is 3.64. The summed E-state index contributed by atoms with van der Waals surface area (Å²) in [7, 11) is 1.36. The molecule has 6 nitrogen and oxygen atoms in total. The van der Waals surface area contributed by atoms with Crippen molar-refractivity contribution < 1.29 is 13.9 Å². The minimum atomic E-state index is -0.344. The van der Waals surface area contributed by atoms with Gasteiger partial charge in [0, 0.05) is 5.75 Å². The van der Waals surface area contributed by atoms with E-state index in [1.807, 2.05) is 12.1 Å². The monoisotopic (exact) mass is 279 g/mol. The molecular weight excluding hydrogens is 266 g/mol. The fourth-order valence-electron chi connectivity index (χ4n) is 1.38. The summed E-state index contributed by atoms with van der Waals surface area (Å²) in [6.07, 6.45) is 0. The first kappa shape index (κ1) is 13.6. The van der Waals surface area contributed by atoms with Crippen molar-refractivity contribution in [2.45, 2.75) is 17.5 Å². The minimum Gasteiger partial charge on any atom is -0.465 e. The van der Waals surface area contributed by atoms with E-state index < -0.39 is 0 Å². The minimum absolute atomic E-state index is 0.237. The van der Waals surface area contributed by atoms with Crippen molar-refractivity contribution in [3.8, 4) is 0 Å². The zero-order chi connectivity index (χ0) is 13.7. The molecule has 0 aliphatic rings. The number of methoxy groups -OCH3 is 1. The highest BCUT2D eigenvalue weighted by molar-refractivity contribution is 7.98. The molecule has 0 saturated heterocycles. The van der Waals surface area contributed by atoms with Gasteiger partial charge in [0.15, 0.2) is 0 Å². The van der Waals surface area contributed by atoms with Crippen LogP contribution in [0.3, 0.4) is 0 Å². The largest absolute Gasteiger partial charge is 0.465 e. The van der Waals surface area contributed by atoms with Crippen LogP contribution in [-0.2, 0) is 17.0 Å². The van der Waals surface area contributed by atoms with Gasteiger partial charge >= 0.3 is 5.97 Å². The van der Waals surface area contributed by atoms with Gasteiger partial charge in [-0.3, -0.25) is 0 Å². The van der Waals surface area contributed by atoms with Gasteiger partial charge in [0.1, 0.15) is 0 Å². The third-order valence-electron chi connectivity index (χ3n) is 2.36. The fourth-order valence-corrected chi connectivity index (χ4v) is 2.12. The SMILES string of the molecule is COC(=O)c1ccc(CSc2nnc(CN)o2)cc1. The highest BCUT2D eigenvalue weighted by Gasteiger charge is 2.07. The van der Waals surface area contributed by atoms with Gasteiger partial charge in [0.25, 0.3) is 5.22 Å². The zero-order valence-corrected chi connectivity index (χ0v) is 11.1. The number of aromatic nitrogens is 2. The van der Waals surface area contributed by atoms with Gasteiger partial charge in [-0.25, -0.2) is 4.79 Å². The molecule has 19 heavy (non-hydrogen) atoms. The molecule has 2 rings (SSSR count). The molecule has 100 valence electrons. The molecule has 0 spiro atoms. The van der Waals surface area contributed by atoms with E-state index in [0.29, 0.717) is 22.4 Å². The molecule has 1 aromatic heterocycles. The molecule has 2 N–H and O–H groups in total. The maximum absolute atomic E-state index is 11.3. The lowest BCUT2D eigenvalue weighted by Gasteiger charge is -2.01. The van der Waals surface area contributed by atoms with Crippen LogP contribution >= 0.6 is 11.8 Å². The molecule has 2 aromatic rings. The smallest absolute Gasteiger partial charge is 0.337 e. The number of rotatable bonds is 5. The van der Waals surface area contributed by atoms with Crippen LogP contribution in [0.5, 0.6) is 0 Å². The first-order chi connectivity index (χ1) is 9.22. The fraction of sp³-hybridized carbons (Fsp3) is 0.250. The topological polar surface area (TPSA) is 91.2 Å². The number of esters is 1. The normalized spacial score (nSPS) is 10.4. The van der Waals surface area contributed by atoms with E-state index in [4.69, 9.17) is 10.2 Å². The Hall–Kier alpha value is -1.86. The summed E-state index contributed by atoms with van der Waals surface area (Å²) in [5.41, 5.74) is 6.95.